The van der Waals surface area contributed by atoms with Gasteiger partial charge in [-0.05, 0) is 25.0 Å². The highest BCUT2D eigenvalue weighted by atomic mass is 32.2. The molecule has 10 heteroatoms. The minimum atomic E-state index is -3.73. The number of amides is 1. The number of para-hydroxylation sites is 1. The number of carbonyl (C=O) groups is 1. The third-order valence-corrected chi connectivity index (χ3v) is 6.63. The molecule has 1 N–H and O–H groups in total. The number of nitrogens with one attached hydrogen (secondary N) is 1. The van der Waals surface area contributed by atoms with Gasteiger partial charge in [-0.15, -0.1) is 0 Å². The van der Waals surface area contributed by atoms with Crippen LogP contribution in [0.1, 0.15) is 19.3 Å². The highest BCUT2D eigenvalue weighted by molar-refractivity contribution is 7.89. The van der Waals surface area contributed by atoms with Gasteiger partial charge >= 0.3 is 5.69 Å². The minimum absolute atomic E-state index is 0.0260. The summed E-state index contributed by atoms with van der Waals surface area (Å²) in [6, 6.07) is 7.38. The number of hydrogen-bond acceptors (Lipinski definition) is 5. The largest absolute Gasteiger partial charge is 0.331 e. The fraction of sp³-hybridized carbons (Fsp3) is 0.389. The lowest BCUT2D eigenvalue weighted by atomic mass is 10.2. The first-order valence-electron chi connectivity index (χ1n) is 8.96. The molecule has 1 aromatic carbocycles. The number of carbonyl (C=O) groups excluding carboxylic acids is 1. The number of anilines is 1. The molecule has 2 aromatic rings. The Balaban J connectivity index is 1.84. The van der Waals surface area contributed by atoms with Crippen LogP contribution in [0.25, 0.3) is 0 Å². The van der Waals surface area contributed by atoms with Gasteiger partial charge in [0.05, 0.1) is 5.69 Å². The zero-order valence-corrected chi connectivity index (χ0v) is 16.3. The van der Waals surface area contributed by atoms with Crippen LogP contribution in [-0.4, -0.2) is 40.9 Å². The van der Waals surface area contributed by atoms with E-state index in [-0.39, 0.29) is 17.1 Å². The molecule has 0 bridgehead atoms. The molecule has 0 unspecified atom stereocenters. The van der Waals surface area contributed by atoms with Crippen molar-refractivity contribution in [3.8, 4) is 0 Å². The zero-order chi connectivity index (χ0) is 20.3. The van der Waals surface area contributed by atoms with Crippen molar-refractivity contribution in [1.29, 1.82) is 0 Å². The fourth-order valence-electron chi connectivity index (χ4n) is 3.12. The van der Waals surface area contributed by atoms with E-state index in [1.165, 1.54) is 35.7 Å². The Hall–Kier alpha value is -2.72. The number of benzene rings is 1. The maximum atomic E-state index is 13.0. The van der Waals surface area contributed by atoms with E-state index < -0.39 is 27.2 Å². The van der Waals surface area contributed by atoms with Crippen molar-refractivity contribution in [1.82, 2.24) is 13.4 Å². The molecule has 1 aliphatic heterocycles. The predicted molar refractivity (Wildman–Crippen MR) is 104 cm³/mol. The molecule has 0 spiro atoms. The van der Waals surface area contributed by atoms with Crippen molar-refractivity contribution >= 4 is 21.6 Å². The Morgan fingerprint density at radius 1 is 1.07 bits per heavy atom. The lowest BCUT2D eigenvalue weighted by molar-refractivity contribution is -0.116. The Labute approximate surface area is 162 Å². The predicted octanol–water partition coefficient (Wildman–Crippen LogP) is 0.360. The van der Waals surface area contributed by atoms with E-state index in [1.807, 2.05) is 0 Å². The zero-order valence-electron chi connectivity index (χ0n) is 15.5. The van der Waals surface area contributed by atoms with E-state index in [2.05, 4.69) is 5.32 Å². The lowest BCUT2D eigenvalue weighted by Gasteiger charge is -2.26. The van der Waals surface area contributed by atoms with E-state index in [0.717, 1.165) is 28.4 Å². The summed E-state index contributed by atoms with van der Waals surface area (Å²) in [4.78, 5) is 36.0. The molecule has 0 saturated carbocycles. The molecule has 28 heavy (non-hydrogen) atoms. The van der Waals surface area contributed by atoms with Crippen molar-refractivity contribution in [2.75, 3.05) is 18.4 Å². The second-order valence-electron chi connectivity index (χ2n) is 6.63. The number of nitrogens with zero attached hydrogens (tertiary/aromatic N) is 3. The van der Waals surface area contributed by atoms with Gasteiger partial charge in [-0.3, -0.25) is 18.7 Å². The monoisotopic (exact) mass is 406 g/mol. The summed E-state index contributed by atoms with van der Waals surface area (Å²) in [5.41, 5.74) is -0.938. The maximum absolute atomic E-state index is 13.0. The summed E-state index contributed by atoms with van der Waals surface area (Å²) >= 11 is 0. The van der Waals surface area contributed by atoms with Crippen molar-refractivity contribution in [3.05, 3.63) is 57.4 Å². The number of sulfonamides is 1. The first-order chi connectivity index (χ1) is 13.3. The Morgan fingerprint density at radius 2 is 1.75 bits per heavy atom. The third-order valence-electron chi connectivity index (χ3n) is 4.67. The minimum Gasteiger partial charge on any atom is -0.323 e. The molecular formula is C18H22N4O5S. The first-order valence-corrected chi connectivity index (χ1v) is 10.4. The van der Waals surface area contributed by atoms with Crippen molar-refractivity contribution in [2.45, 2.75) is 30.7 Å². The van der Waals surface area contributed by atoms with Gasteiger partial charge in [0.15, 0.2) is 0 Å². The smallest absolute Gasteiger partial charge is 0.323 e. The van der Waals surface area contributed by atoms with Gasteiger partial charge in [-0.2, -0.15) is 4.31 Å². The first kappa shape index (κ1) is 20.0. The summed E-state index contributed by atoms with van der Waals surface area (Å²) in [6.07, 6.45) is 3.85. The van der Waals surface area contributed by atoms with Gasteiger partial charge in [0.2, 0.25) is 15.9 Å². The summed E-state index contributed by atoms with van der Waals surface area (Å²) in [6.45, 7) is 0.571. The van der Waals surface area contributed by atoms with Crippen LogP contribution in [0.15, 0.2) is 51.0 Å². The normalized spacial score (nSPS) is 15.3. The molecule has 9 nitrogen and oxygen atoms in total. The topological polar surface area (TPSA) is 110 Å². The van der Waals surface area contributed by atoms with Gasteiger partial charge in [0.25, 0.3) is 5.56 Å². The standard InChI is InChI=1S/C18H22N4O5S/c1-20-17(24)9-12-21(18(20)25)13-16(23)19-14-7-3-4-8-15(14)28(26,27)22-10-5-2-6-11-22/h3-4,7-9,12H,2,5-6,10-11,13H2,1H3,(H,19,23). The average molecular weight is 406 g/mol. The van der Waals surface area contributed by atoms with Gasteiger partial charge in [-0.25, -0.2) is 13.2 Å². The molecule has 1 aliphatic rings. The molecule has 1 amide bonds. The molecule has 0 radical (unpaired) electrons. The maximum Gasteiger partial charge on any atom is 0.331 e. The second kappa shape index (κ2) is 8.11. The van der Waals surface area contributed by atoms with Gasteiger partial charge in [-0.1, -0.05) is 18.6 Å². The van der Waals surface area contributed by atoms with Crippen LogP contribution in [-0.2, 0) is 28.4 Å². The molecule has 1 fully saturated rings. The van der Waals surface area contributed by atoms with Crippen LogP contribution in [0.3, 0.4) is 0 Å². The van der Waals surface area contributed by atoms with Gasteiger partial charge in [0.1, 0.15) is 11.4 Å². The van der Waals surface area contributed by atoms with Crippen LogP contribution < -0.4 is 16.6 Å². The Bertz CT molecular complexity index is 1100. The number of piperidine rings is 1. The summed E-state index contributed by atoms with van der Waals surface area (Å²) in [5, 5.41) is 2.57. The van der Waals surface area contributed by atoms with E-state index in [9.17, 15) is 22.8 Å². The summed E-state index contributed by atoms with van der Waals surface area (Å²) in [7, 11) is -2.41. The fourth-order valence-corrected chi connectivity index (χ4v) is 4.78. The second-order valence-corrected chi connectivity index (χ2v) is 8.54. The van der Waals surface area contributed by atoms with Crippen molar-refractivity contribution < 1.29 is 13.2 Å². The SMILES string of the molecule is Cn1c(=O)ccn(CC(=O)Nc2ccccc2S(=O)(=O)N2CCCCC2)c1=O. The third kappa shape index (κ3) is 4.07. The highest BCUT2D eigenvalue weighted by Gasteiger charge is 2.28. The quantitative estimate of drug-likeness (QED) is 0.771. The van der Waals surface area contributed by atoms with E-state index in [0.29, 0.717) is 13.1 Å². The van der Waals surface area contributed by atoms with Crippen LogP contribution >= 0.6 is 0 Å². The van der Waals surface area contributed by atoms with Gasteiger partial charge < -0.3 is 5.32 Å². The van der Waals surface area contributed by atoms with E-state index >= 15 is 0 Å². The number of rotatable bonds is 5. The lowest BCUT2D eigenvalue weighted by Crippen LogP contribution is -2.39. The van der Waals surface area contributed by atoms with Crippen molar-refractivity contribution in [2.24, 2.45) is 7.05 Å². The molecule has 2 heterocycles. The van der Waals surface area contributed by atoms with Gasteiger partial charge in [0, 0.05) is 32.4 Å². The van der Waals surface area contributed by atoms with Crippen LogP contribution in [0.5, 0.6) is 0 Å². The molecular weight excluding hydrogens is 384 g/mol. The summed E-state index contributed by atoms with van der Waals surface area (Å²) < 4.78 is 29.3. The van der Waals surface area contributed by atoms with E-state index in [4.69, 9.17) is 0 Å². The van der Waals surface area contributed by atoms with Crippen LogP contribution in [0.4, 0.5) is 5.69 Å². The van der Waals surface area contributed by atoms with Crippen LogP contribution in [0, 0.1) is 0 Å². The van der Waals surface area contributed by atoms with E-state index in [1.54, 1.807) is 12.1 Å². The number of hydrogen-bond donors (Lipinski definition) is 1. The molecule has 1 saturated heterocycles. The van der Waals surface area contributed by atoms with Crippen molar-refractivity contribution in [3.63, 3.8) is 0 Å². The summed E-state index contributed by atoms with van der Waals surface area (Å²) in [5.74, 6) is -0.568. The highest BCUT2D eigenvalue weighted by Crippen LogP contribution is 2.26. The molecule has 150 valence electrons. The Morgan fingerprint density at radius 3 is 2.46 bits per heavy atom. The molecule has 0 aliphatic carbocycles. The molecule has 1 aromatic heterocycles. The molecule has 3 rings (SSSR count). The average Bonchev–Trinajstić information content (AvgIpc) is 2.69. The molecule has 0 atom stereocenters. The number of aromatic nitrogens is 2. The Kier molecular flexibility index (Phi) is 5.80. The van der Waals surface area contributed by atoms with Crippen LogP contribution in [0.2, 0.25) is 0 Å².